The lowest BCUT2D eigenvalue weighted by Crippen LogP contribution is -2.80. The van der Waals surface area contributed by atoms with Crippen molar-refractivity contribution < 1.29 is 9.59 Å². The molecule has 5 aliphatic rings. The molecule has 1 aromatic rings. The van der Waals surface area contributed by atoms with E-state index in [2.05, 4.69) is 0 Å². The summed E-state index contributed by atoms with van der Waals surface area (Å²) in [4.78, 5) is 26.5. The normalized spacial score (nSPS) is 37.0. The molecule has 0 aromatic heterocycles. The van der Waals surface area contributed by atoms with E-state index in [0.29, 0.717) is 17.4 Å². The molecular weight excluding hydrogens is 324 g/mol. The lowest BCUT2D eigenvalue weighted by molar-refractivity contribution is -0.230. The summed E-state index contributed by atoms with van der Waals surface area (Å²) in [5, 5.41) is 3.66. The average Bonchev–Trinajstić information content (AvgIpc) is 2.59. The first kappa shape index (κ1) is 16.3. The Labute approximate surface area is 155 Å². The van der Waals surface area contributed by atoms with Crippen LogP contribution in [0, 0.1) is 30.6 Å². The molecule has 0 radical (unpaired) electrons. The Bertz CT molecular complexity index is 756. The van der Waals surface area contributed by atoms with E-state index in [1.165, 1.54) is 32.1 Å². The number of aryl methyl sites for hydroxylation is 1. The zero-order chi connectivity index (χ0) is 18.2. The minimum atomic E-state index is -0.742. The van der Waals surface area contributed by atoms with Gasteiger partial charge in [0.1, 0.15) is 5.54 Å². The van der Waals surface area contributed by atoms with Crippen LogP contribution in [0.15, 0.2) is 24.3 Å². The van der Waals surface area contributed by atoms with Crippen molar-refractivity contribution in [2.45, 2.75) is 64.5 Å². The maximum atomic E-state index is 13.4. The molecule has 2 amide bonds. The number of rotatable bonds is 2. The van der Waals surface area contributed by atoms with Crippen molar-refractivity contribution >= 4 is 11.8 Å². The molecule has 138 valence electrons. The van der Waals surface area contributed by atoms with Gasteiger partial charge in [0.05, 0.1) is 6.04 Å². The molecule has 0 N–H and O–H groups in total. The van der Waals surface area contributed by atoms with E-state index in [1.54, 1.807) is 5.01 Å². The lowest BCUT2D eigenvalue weighted by atomic mass is 9.53. The molecule has 0 spiro atoms. The summed E-state index contributed by atoms with van der Waals surface area (Å²) in [6, 6.07) is 7.94. The topological polar surface area (TPSA) is 40.6 Å². The van der Waals surface area contributed by atoms with E-state index >= 15 is 0 Å². The summed E-state index contributed by atoms with van der Waals surface area (Å²) in [6.07, 6.45) is 6.37. The van der Waals surface area contributed by atoms with E-state index < -0.39 is 5.54 Å². The van der Waals surface area contributed by atoms with Crippen molar-refractivity contribution in [2.24, 2.45) is 23.7 Å². The van der Waals surface area contributed by atoms with Gasteiger partial charge in [0.2, 0.25) is 0 Å². The van der Waals surface area contributed by atoms with Crippen molar-refractivity contribution in [3.63, 3.8) is 0 Å². The van der Waals surface area contributed by atoms with Gasteiger partial charge in [-0.3, -0.25) is 9.59 Å². The van der Waals surface area contributed by atoms with Crippen molar-refractivity contribution in [3.05, 3.63) is 35.4 Å². The maximum Gasteiger partial charge on any atom is 0.273 e. The molecule has 4 nitrogen and oxygen atoms in total. The molecule has 6 rings (SSSR count). The Morgan fingerprint density at radius 3 is 2.15 bits per heavy atom. The quantitative estimate of drug-likeness (QED) is 0.812. The Morgan fingerprint density at radius 2 is 1.58 bits per heavy atom. The van der Waals surface area contributed by atoms with Crippen LogP contribution in [0.1, 0.15) is 61.9 Å². The van der Waals surface area contributed by atoms with Crippen LogP contribution < -0.4 is 0 Å². The summed E-state index contributed by atoms with van der Waals surface area (Å²) >= 11 is 0. The first-order chi connectivity index (χ1) is 12.4. The fourth-order valence-electron chi connectivity index (χ4n) is 6.53. The number of hydrogen-bond donors (Lipinski definition) is 0. The van der Waals surface area contributed by atoms with Crippen LogP contribution in [0.2, 0.25) is 0 Å². The van der Waals surface area contributed by atoms with Gasteiger partial charge in [0.15, 0.2) is 0 Å². The summed E-state index contributed by atoms with van der Waals surface area (Å²) in [5.74, 6) is 2.98. The molecule has 0 unspecified atom stereocenters. The number of hydrazine groups is 1. The largest absolute Gasteiger partial charge is 0.273 e. The first-order valence-electron chi connectivity index (χ1n) is 10.1. The van der Waals surface area contributed by atoms with Crippen molar-refractivity contribution in [2.75, 3.05) is 0 Å². The third-order valence-corrected chi connectivity index (χ3v) is 7.50. The highest BCUT2D eigenvalue weighted by atomic mass is 16.2. The number of amides is 2. The van der Waals surface area contributed by atoms with Gasteiger partial charge in [0.25, 0.3) is 11.8 Å². The van der Waals surface area contributed by atoms with Gasteiger partial charge in [-0.2, -0.15) is 0 Å². The Morgan fingerprint density at radius 1 is 1.00 bits per heavy atom. The number of carbonyl (C=O) groups excluding carboxylic acids is 2. The second-order valence-corrected chi connectivity index (χ2v) is 9.56. The zero-order valence-corrected chi connectivity index (χ0v) is 15.9. The molecule has 5 fully saturated rings. The minimum Gasteiger partial charge on any atom is -0.270 e. The highest BCUT2D eigenvalue weighted by Crippen LogP contribution is 2.57. The predicted octanol–water partition coefficient (Wildman–Crippen LogP) is 3.80. The molecule has 1 heterocycles. The molecule has 0 atom stereocenters. The predicted molar refractivity (Wildman–Crippen MR) is 99.1 cm³/mol. The molecular formula is C22H28N2O2. The summed E-state index contributed by atoms with van der Waals surface area (Å²) in [6.45, 7) is 5.74. The monoisotopic (exact) mass is 352 g/mol. The number of hydrogen-bond acceptors (Lipinski definition) is 2. The highest BCUT2D eigenvalue weighted by Gasteiger charge is 2.62. The lowest BCUT2D eigenvalue weighted by Gasteiger charge is -2.65. The van der Waals surface area contributed by atoms with Crippen LogP contribution in [0.3, 0.4) is 0 Å². The zero-order valence-electron chi connectivity index (χ0n) is 15.9. The summed E-state index contributed by atoms with van der Waals surface area (Å²) in [7, 11) is 0. The van der Waals surface area contributed by atoms with Crippen LogP contribution >= 0.6 is 0 Å². The molecule has 26 heavy (non-hydrogen) atoms. The molecule has 4 bridgehead atoms. The number of benzene rings is 1. The van der Waals surface area contributed by atoms with Gasteiger partial charge >= 0.3 is 0 Å². The minimum absolute atomic E-state index is 0.0264. The molecule has 1 aliphatic heterocycles. The summed E-state index contributed by atoms with van der Waals surface area (Å²) < 4.78 is 0. The van der Waals surface area contributed by atoms with Crippen LogP contribution in [0.4, 0.5) is 0 Å². The average molecular weight is 352 g/mol. The Balaban J connectivity index is 1.49. The molecule has 1 saturated heterocycles. The highest BCUT2D eigenvalue weighted by molar-refractivity contribution is 6.05. The van der Waals surface area contributed by atoms with Crippen LogP contribution in [0.5, 0.6) is 0 Å². The summed E-state index contributed by atoms with van der Waals surface area (Å²) in [5.41, 5.74) is 0.938. The molecule has 4 saturated carbocycles. The van der Waals surface area contributed by atoms with E-state index in [-0.39, 0.29) is 17.9 Å². The first-order valence-corrected chi connectivity index (χ1v) is 10.1. The fourth-order valence-corrected chi connectivity index (χ4v) is 6.53. The van der Waals surface area contributed by atoms with Crippen molar-refractivity contribution in [1.29, 1.82) is 0 Å². The molecule has 1 aromatic carbocycles. The second-order valence-electron chi connectivity index (χ2n) is 9.56. The van der Waals surface area contributed by atoms with Crippen molar-refractivity contribution in [1.82, 2.24) is 10.0 Å². The van der Waals surface area contributed by atoms with Crippen LogP contribution in [-0.4, -0.2) is 33.4 Å². The van der Waals surface area contributed by atoms with Gasteiger partial charge in [-0.05, 0) is 88.2 Å². The Kier molecular flexibility index (Phi) is 3.35. The second kappa shape index (κ2) is 5.34. The third kappa shape index (κ3) is 2.07. The third-order valence-electron chi connectivity index (χ3n) is 7.50. The number of nitrogens with zero attached hydrogens (tertiary/aromatic N) is 2. The van der Waals surface area contributed by atoms with Gasteiger partial charge in [-0.15, -0.1) is 0 Å². The fraction of sp³-hybridized carbons (Fsp3) is 0.636. The Hall–Kier alpha value is -1.84. The van der Waals surface area contributed by atoms with E-state index in [0.717, 1.165) is 17.4 Å². The van der Waals surface area contributed by atoms with E-state index in [9.17, 15) is 9.59 Å². The smallest absolute Gasteiger partial charge is 0.270 e. The van der Waals surface area contributed by atoms with Gasteiger partial charge in [-0.1, -0.05) is 18.2 Å². The molecule has 4 aliphatic carbocycles. The van der Waals surface area contributed by atoms with Gasteiger partial charge in [-0.25, -0.2) is 10.0 Å². The van der Waals surface area contributed by atoms with Crippen LogP contribution in [0.25, 0.3) is 0 Å². The SMILES string of the molecule is Cc1ccccc1C(=O)N1N(C2C3CC4CC(C3)CC2C4)C(=O)C1(C)C. The maximum absolute atomic E-state index is 13.4. The standard InChI is InChI=1S/C22H28N2O2/c1-13-6-4-5-7-18(13)20(25)24-22(2,3)21(26)23(24)19-16-9-14-8-15(11-16)12-17(19)10-14/h4-7,14-17,19H,8-12H2,1-3H3. The van der Waals surface area contributed by atoms with Crippen molar-refractivity contribution in [3.8, 4) is 0 Å². The van der Waals surface area contributed by atoms with Crippen LogP contribution in [-0.2, 0) is 4.79 Å². The van der Waals surface area contributed by atoms with E-state index in [1.807, 2.05) is 50.0 Å². The molecule has 4 heteroatoms. The van der Waals surface area contributed by atoms with Gasteiger partial charge < -0.3 is 0 Å². The number of carbonyl (C=O) groups is 2. The van der Waals surface area contributed by atoms with E-state index in [4.69, 9.17) is 0 Å². The van der Waals surface area contributed by atoms with Gasteiger partial charge in [0, 0.05) is 5.56 Å².